The van der Waals surface area contributed by atoms with Crippen LogP contribution in [0.25, 0.3) is 10.9 Å². The fraction of sp³-hybridized carbons (Fsp3) is 0.304. The Balaban J connectivity index is 1.82. The van der Waals surface area contributed by atoms with Gasteiger partial charge < -0.3 is 4.57 Å². The predicted octanol–water partition coefficient (Wildman–Crippen LogP) is 4.65. The largest absolute Gasteiger partial charge is 0.346 e. The van der Waals surface area contributed by atoms with E-state index >= 15 is 0 Å². The first-order valence-corrected chi connectivity index (χ1v) is 9.47. The third kappa shape index (κ3) is 4.64. The molecule has 0 aliphatic heterocycles. The lowest BCUT2D eigenvalue weighted by molar-refractivity contribution is 0.0927. The molecule has 0 saturated carbocycles. The number of nitrogens with zero attached hydrogens (tertiary/aromatic N) is 3. The number of para-hydroxylation sites is 1. The first-order chi connectivity index (χ1) is 13.2. The number of benzene rings is 2. The summed E-state index contributed by atoms with van der Waals surface area (Å²) in [6.45, 7) is 4.79. The topological polar surface area (TPSA) is 49.0 Å². The average Bonchev–Trinajstić information content (AvgIpc) is 3.06. The molecule has 0 saturated heterocycles. The van der Waals surface area contributed by atoms with Gasteiger partial charge in [0.2, 0.25) is 0 Å². The van der Waals surface area contributed by atoms with Crippen molar-refractivity contribution in [3.05, 3.63) is 71.9 Å². The van der Waals surface area contributed by atoms with Crippen molar-refractivity contribution < 1.29 is 4.79 Å². The minimum atomic E-state index is 0.131. The maximum absolute atomic E-state index is 13.1. The zero-order valence-electron chi connectivity index (χ0n) is 15.8. The Morgan fingerprint density at radius 2 is 1.85 bits per heavy atom. The number of Topliss-reactive ketones (excluding diaryl/α,β-unsaturated/α-hetero) is 1. The summed E-state index contributed by atoms with van der Waals surface area (Å²) in [5.41, 5.74) is 2.98. The monoisotopic (exact) mass is 359 g/mol. The minimum Gasteiger partial charge on any atom is -0.346 e. The molecule has 0 spiro atoms. The van der Waals surface area contributed by atoms with E-state index in [1.807, 2.05) is 53.2 Å². The Hall–Kier alpha value is -2.90. The second kappa shape index (κ2) is 9.16. The van der Waals surface area contributed by atoms with Crippen LogP contribution in [-0.4, -0.2) is 28.3 Å². The molecule has 27 heavy (non-hydrogen) atoms. The van der Waals surface area contributed by atoms with Gasteiger partial charge in [-0.05, 0) is 24.6 Å². The van der Waals surface area contributed by atoms with Crippen LogP contribution >= 0.6 is 0 Å². The summed E-state index contributed by atoms with van der Waals surface area (Å²) >= 11 is 0. The summed E-state index contributed by atoms with van der Waals surface area (Å²) < 4.78 is 2.02. The average molecular weight is 359 g/mol. The van der Waals surface area contributed by atoms with Gasteiger partial charge in [0.1, 0.15) is 0 Å². The van der Waals surface area contributed by atoms with E-state index in [4.69, 9.17) is 5.26 Å². The van der Waals surface area contributed by atoms with Gasteiger partial charge in [-0.25, -0.2) is 0 Å². The molecule has 4 nitrogen and oxygen atoms in total. The normalized spacial score (nSPS) is 11.0. The van der Waals surface area contributed by atoms with Crippen LogP contribution in [0.3, 0.4) is 0 Å². The lowest BCUT2D eigenvalue weighted by Gasteiger charge is -2.20. The standard InChI is InChI=1S/C23H25N3O/c1-2-14-25(16-19-9-4-3-5-10-19)18-23(27)21-17-26(15-8-13-24)22-12-7-6-11-20(21)22/h3-7,9-12,17H,2,8,14-16,18H2,1H3. The number of hydrogen-bond donors (Lipinski definition) is 0. The quantitative estimate of drug-likeness (QED) is 0.523. The van der Waals surface area contributed by atoms with E-state index in [1.165, 1.54) is 5.56 Å². The van der Waals surface area contributed by atoms with Gasteiger partial charge in [-0.3, -0.25) is 9.69 Å². The van der Waals surface area contributed by atoms with Gasteiger partial charge in [-0.2, -0.15) is 5.26 Å². The highest BCUT2D eigenvalue weighted by Crippen LogP contribution is 2.22. The summed E-state index contributed by atoms with van der Waals surface area (Å²) in [4.78, 5) is 15.3. The second-order valence-corrected chi connectivity index (χ2v) is 6.78. The van der Waals surface area contributed by atoms with Crippen LogP contribution in [-0.2, 0) is 13.1 Å². The molecule has 0 N–H and O–H groups in total. The lowest BCUT2D eigenvalue weighted by atomic mass is 10.1. The predicted molar refractivity (Wildman–Crippen MR) is 109 cm³/mol. The van der Waals surface area contributed by atoms with Crippen LogP contribution in [0.15, 0.2) is 60.8 Å². The Morgan fingerprint density at radius 1 is 1.11 bits per heavy atom. The Morgan fingerprint density at radius 3 is 2.59 bits per heavy atom. The van der Waals surface area contributed by atoms with Crippen LogP contribution < -0.4 is 0 Å². The summed E-state index contributed by atoms with van der Waals surface area (Å²) in [7, 11) is 0. The van der Waals surface area contributed by atoms with Crippen molar-refractivity contribution in [3.63, 3.8) is 0 Å². The number of ketones is 1. The van der Waals surface area contributed by atoms with E-state index in [0.717, 1.165) is 36.0 Å². The molecule has 138 valence electrons. The smallest absolute Gasteiger partial charge is 0.178 e. The van der Waals surface area contributed by atoms with E-state index < -0.39 is 0 Å². The fourth-order valence-corrected chi connectivity index (χ4v) is 3.48. The van der Waals surface area contributed by atoms with E-state index in [2.05, 4.69) is 30.0 Å². The molecule has 0 atom stereocenters. The molecule has 3 aromatic rings. The van der Waals surface area contributed by atoms with Crippen molar-refractivity contribution >= 4 is 16.7 Å². The molecule has 4 heteroatoms. The minimum absolute atomic E-state index is 0.131. The Bertz CT molecular complexity index is 937. The van der Waals surface area contributed by atoms with Gasteiger partial charge in [-0.15, -0.1) is 0 Å². The van der Waals surface area contributed by atoms with Crippen molar-refractivity contribution in [1.29, 1.82) is 5.26 Å². The van der Waals surface area contributed by atoms with Gasteiger partial charge in [0.25, 0.3) is 0 Å². The molecule has 0 fully saturated rings. The Kier molecular flexibility index (Phi) is 6.40. The van der Waals surface area contributed by atoms with Crippen molar-refractivity contribution in [1.82, 2.24) is 9.47 Å². The zero-order chi connectivity index (χ0) is 19.1. The van der Waals surface area contributed by atoms with Crippen LogP contribution in [0, 0.1) is 11.3 Å². The number of hydrogen-bond acceptors (Lipinski definition) is 3. The highest BCUT2D eigenvalue weighted by atomic mass is 16.1. The molecule has 3 rings (SSSR count). The number of carbonyl (C=O) groups excluding carboxylic acids is 1. The molecule has 2 aromatic carbocycles. The molecule has 0 aliphatic carbocycles. The van der Waals surface area contributed by atoms with Gasteiger partial charge in [0.15, 0.2) is 5.78 Å². The van der Waals surface area contributed by atoms with Crippen LogP contribution in [0.1, 0.15) is 35.7 Å². The van der Waals surface area contributed by atoms with Crippen molar-refractivity contribution in [2.45, 2.75) is 32.9 Å². The molecular weight excluding hydrogens is 334 g/mol. The molecule has 0 bridgehead atoms. The Labute approximate surface area is 160 Å². The third-order valence-corrected chi connectivity index (χ3v) is 4.71. The fourth-order valence-electron chi connectivity index (χ4n) is 3.48. The van der Waals surface area contributed by atoms with Crippen LogP contribution in [0.4, 0.5) is 0 Å². The maximum atomic E-state index is 13.1. The van der Waals surface area contributed by atoms with Gasteiger partial charge >= 0.3 is 0 Å². The zero-order valence-corrected chi connectivity index (χ0v) is 15.8. The lowest BCUT2D eigenvalue weighted by Crippen LogP contribution is -2.30. The van der Waals surface area contributed by atoms with Crippen LogP contribution in [0.5, 0.6) is 0 Å². The highest BCUT2D eigenvalue weighted by Gasteiger charge is 2.18. The van der Waals surface area contributed by atoms with Gasteiger partial charge in [0.05, 0.1) is 19.0 Å². The second-order valence-electron chi connectivity index (χ2n) is 6.78. The number of aryl methyl sites for hydroxylation is 1. The molecule has 0 aliphatic rings. The number of aromatic nitrogens is 1. The summed E-state index contributed by atoms with van der Waals surface area (Å²) in [5.74, 6) is 0.131. The van der Waals surface area contributed by atoms with E-state index in [9.17, 15) is 4.79 Å². The van der Waals surface area contributed by atoms with E-state index in [0.29, 0.717) is 19.5 Å². The van der Waals surface area contributed by atoms with Crippen molar-refractivity contribution in [2.75, 3.05) is 13.1 Å². The number of nitriles is 1. The first-order valence-electron chi connectivity index (χ1n) is 9.47. The van der Waals surface area contributed by atoms with E-state index in [1.54, 1.807) is 0 Å². The molecule has 1 aromatic heterocycles. The summed E-state index contributed by atoms with van der Waals surface area (Å²) in [6.07, 6.45) is 3.35. The van der Waals surface area contributed by atoms with Gasteiger partial charge in [0, 0.05) is 35.8 Å². The summed E-state index contributed by atoms with van der Waals surface area (Å²) in [5, 5.41) is 9.87. The number of carbonyl (C=O) groups is 1. The number of fused-ring (bicyclic) bond motifs is 1. The maximum Gasteiger partial charge on any atom is 0.178 e. The van der Waals surface area contributed by atoms with Crippen molar-refractivity contribution in [3.8, 4) is 6.07 Å². The van der Waals surface area contributed by atoms with Gasteiger partial charge in [-0.1, -0.05) is 55.5 Å². The molecule has 0 amide bonds. The first kappa shape index (κ1) is 18.9. The number of rotatable bonds is 9. The summed E-state index contributed by atoms with van der Waals surface area (Å²) in [6, 6.07) is 20.4. The molecule has 0 radical (unpaired) electrons. The molecule has 1 heterocycles. The molecule has 0 unspecified atom stereocenters. The highest BCUT2D eigenvalue weighted by molar-refractivity contribution is 6.09. The molecular formula is C23H25N3O. The van der Waals surface area contributed by atoms with E-state index in [-0.39, 0.29) is 5.78 Å². The van der Waals surface area contributed by atoms with Crippen molar-refractivity contribution in [2.24, 2.45) is 0 Å². The third-order valence-electron chi connectivity index (χ3n) is 4.71. The van der Waals surface area contributed by atoms with Crippen LogP contribution in [0.2, 0.25) is 0 Å². The SMILES string of the molecule is CCCN(CC(=O)c1cn(CCC#N)c2ccccc12)Cc1ccccc1.